The zero-order valence-corrected chi connectivity index (χ0v) is 10.3. The van der Waals surface area contributed by atoms with Gasteiger partial charge in [0.1, 0.15) is 0 Å². The van der Waals surface area contributed by atoms with Crippen LogP contribution in [-0.4, -0.2) is 37.0 Å². The molecule has 0 aromatic rings. The molecule has 1 heterocycles. The molecule has 1 rings (SSSR count). The van der Waals surface area contributed by atoms with Crippen molar-refractivity contribution in [2.45, 2.75) is 52.2 Å². The van der Waals surface area contributed by atoms with E-state index in [1.807, 2.05) is 0 Å². The molecular formula is C12H25NO2. The van der Waals surface area contributed by atoms with Gasteiger partial charge in [-0.2, -0.15) is 0 Å². The Morgan fingerprint density at radius 1 is 1.33 bits per heavy atom. The molecule has 1 atom stereocenters. The molecule has 3 nitrogen and oxygen atoms in total. The van der Waals surface area contributed by atoms with Gasteiger partial charge in [0.05, 0.1) is 6.10 Å². The molecule has 0 bridgehead atoms. The Morgan fingerprint density at radius 3 is 2.47 bits per heavy atom. The third-order valence-corrected chi connectivity index (χ3v) is 2.71. The molecule has 0 spiro atoms. The summed E-state index contributed by atoms with van der Waals surface area (Å²) in [5.41, 5.74) is 0.205. The molecule has 1 fully saturated rings. The summed E-state index contributed by atoms with van der Waals surface area (Å²) in [7, 11) is 0. The van der Waals surface area contributed by atoms with E-state index in [4.69, 9.17) is 4.74 Å². The lowest BCUT2D eigenvalue weighted by atomic mass is 9.89. The molecule has 1 unspecified atom stereocenters. The first-order chi connectivity index (χ1) is 6.97. The van der Waals surface area contributed by atoms with Crippen molar-refractivity contribution in [2.24, 2.45) is 5.41 Å². The van der Waals surface area contributed by atoms with Crippen molar-refractivity contribution in [3.8, 4) is 0 Å². The first kappa shape index (κ1) is 12.9. The van der Waals surface area contributed by atoms with E-state index >= 15 is 0 Å². The quantitative estimate of drug-likeness (QED) is 0.747. The molecular weight excluding hydrogens is 190 g/mol. The molecule has 0 amide bonds. The summed E-state index contributed by atoms with van der Waals surface area (Å²) in [6.07, 6.45) is 2.76. The van der Waals surface area contributed by atoms with Crippen molar-refractivity contribution in [1.82, 2.24) is 5.32 Å². The molecule has 2 N–H and O–H groups in total. The van der Waals surface area contributed by atoms with Gasteiger partial charge in [-0.1, -0.05) is 20.8 Å². The van der Waals surface area contributed by atoms with Gasteiger partial charge in [-0.15, -0.1) is 0 Å². The Bertz CT molecular complexity index is 171. The van der Waals surface area contributed by atoms with Crippen LogP contribution in [-0.2, 0) is 4.74 Å². The SMILES string of the molecule is CC(C)(C)CC(O)CNC1CCOCC1. The molecule has 3 heteroatoms. The highest BCUT2D eigenvalue weighted by Gasteiger charge is 2.18. The Hall–Kier alpha value is -0.120. The third kappa shape index (κ3) is 6.13. The highest BCUT2D eigenvalue weighted by molar-refractivity contribution is 4.74. The van der Waals surface area contributed by atoms with Gasteiger partial charge in [0.2, 0.25) is 0 Å². The fourth-order valence-corrected chi connectivity index (χ4v) is 1.98. The standard InChI is InChI=1S/C12H25NO2/c1-12(2,3)8-11(14)9-13-10-4-6-15-7-5-10/h10-11,13-14H,4-9H2,1-3H3. The van der Waals surface area contributed by atoms with E-state index < -0.39 is 0 Å². The topological polar surface area (TPSA) is 41.5 Å². The van der Waals surface area contributed by atoms with E-state index in [1.165, 1.54) is 0 Å². The number of hydrogen-bond acceptors (Lipinski definition) is 3. The summed E-state index contributed by atoms with van der Waals surface area (Å²) in [4.78, 5) is 0. The van der Waals surface area contributed by atoms with Crippen LogP contribution in [0.3, 0.4) is 0 Å². The van der Waals surface area contributed by atoms with E-state index in [2.05, 4.69) is 26.1 Å². The molecule has 1 aliphatic rings. The maximum atomic E-state index is 9.82. The first-order valence-electron chi connectivity index (χ1n) is 5.96. The molecule has 0 aromatic carbocycles. The highest BCUT2D eigenvalue weighted by Crippen LogP contribution is 2.20. The van der Waals surface area contributed by atoms with Crippen LogP contribution in [0.25, 0.3) is 0 Å². The van der Waals surface area contributed by atoms with Gasteiger partial charge in [-0.05, 0) is 24.7 Å². The van der Waals surface area contributed by atoms with Crippen molar-refractivity contribution in [2.75, 3.05) is 19.8 Å². The number of ether oxygens (including phenoxy) is 1. The monoisotopic (exact) mass is 215 g/mol. The third-order valence-electron chi connectivity index (χ3n) is 2.71. The average molecular weight is 215 g/mol. The van der Waals surface area contributed by atoms with Crippen LogP contribution < -0.4 is 5.32 Å². The lowest BCUT2D eigenvalue weighted by Crippen LogP contribution is -2.40. The van der Waals surface area contributed by atoms with Gasteiger partial charge in [0.15, 0.2) is 0 Å². The van der Waals surface area contributed by atoms with Gasteiger partial charge >= 0.3 is 0 Å². The Balaban J connectivity index is 2.12. The molecule has 0 saturated carbocycles. The Kier molecular flexibility index (Phi) is 5.03. The average Bonchev–Trinajstić information content (AvgIpc) is 2.14. The zero-order valence-electron chi connectivity index (χ0n) is 10.3. The fourth-order valence-electron chi connectivity index (χ4n) is 1.98. The molecule has 0 aliphatic carbocycles. The smallest absolute Gasteiger partial charge is 0.0669 e. The zero-order chi connectivity index (χ0) is 11.3. The predicted molar refractivity (Wildman–Crippen MR) is 61.9 cm³/mol. The van der Waals surface area contributed by atoms with Crippen molar-refractivity contribution >= 4 is 0 Å². The van der Waals surface area contributed by atoms with Gasteiger partial charge in [0, 0.05) is 25.8 Å². The van der Waals surface area contributed by atoms with Crippen LogP contribution >= 0.6 is 0 Å². The van der Waals surface area contributed by atoms with E-state index in [1.54, 1.807) is 0 Å². The van der Waals surface area contributed by atoms with E-state index in [0.717, 1.165) is 32.5 Å². The van der Waals surface area contributed by atoms with Crippen LogP contribution in [0.4, 0.5) is 0 Å². The van der Waals surface area contributed by atoms with Crippen LogP contribution in [0.15, 0.2) is 0 Å². The number of hydrogen-bond donors (Lipinski definition) is 2. The lowest BCUT2D eigenvalue weighted by Gasteiger charge is -2.27. The van der Waals surface area contributed by atoms with Gasteiger partial charge < -0.3 is 15.2 Å². The molecule has 1 aliphatic heterocycles. The summed E-state index contributed by atoms with van der Waals surface area (Å²) in [6.45, 7) is 8.89. The number of nitrogens with one attached hydrogen (secondary N) is 1. The molecule has 90 valence electrons. The second kappa shape index (κ2) is 5.83. The van der Waals surface area contributed by atoms with Crippen LogP contribution in [0.5, 0.6) is 0 Å². The summed E-state index contributed by atoms with van der Waals surface area (Å²) in [6, 6.07) is 0.536. The number of rotatable bonds is 4. The maximum absolute atomic E-state index is 9.82. The summed E-state index contributed by atoms with van der Waals surface area (Å²) < 4.78 is 5.28. The van der Waals surface area contributed by atoms with Crippen LogP contribution in [0, 0.1) is 5.41 Å². The van der Waals surface area contributed by atoms with Gasteiger partial charge in [0.25, 0.3) is 0 Å². The maximum Gasteiger partial charge on any atom is 0.0669 e. The number of aliphatic hydroxyl groups is 1. The predicted octanol–water partition coefficient (Wildman–Crippen LogP) is 1.55. The summed E-state index contributed by atoms with van der Waals surface area (Å²) >= 11 is 0. The van der Waals surface area contributed by atoms with Crippen LogP contribution in [0.2, 0.25) is 0 Å². The van der Waals surface area contributed by atoms with Crippen molar-refractivity contribution in [3.63, 3.8) is 0 Å². The second-order valence-corrected chi connectivity index (χ2v) is 5.71. The normalized spacial score (nSPS) is 21.6. The molecule has 0 aromatic heterocycles. The minimum atomic E-state index is -0.229. The van der Waals surface area contributed by atoms with Crippen molar-refractivity contribution in [1.29, 1.82) is 0 Å². The fraction of sp³-hybridized carbons (Fsp3) is 1.00. The van der Waals surface area contributed by atoms with Crippen molar-refractivity contribution in [3.05, 3.63) is 0 Å². The lowest BCUT2D eigenvalue weighted by molar-refractivity contribution is 0.0675. The number of aliphatic hydroxyl groups excluding tert-OH is 1. The largest absolute Gasteiger partial charge is 0.392 e. The second-order valence-electron chi connectivity index (χ2n) is 5.71. The molecule has 1 saturated heterocycles. The van der Waals surface area contributed by atoms with Gasteiger partial charge in [-0.25, -0.2) is 0 Å². The highest BCUT2D eigenvalue weighted by atomic mass is 16.5. The van der Waals surface area contributed by atoms with Crippen LogP contribution in [0.1, 0.15) is 40.0 Å². The molecule has 0 radical (unpaired) electrons. The van der Waals surface area contributed by atoms with E-state index in [-0.39, 0.29) is 11.5 Å². The van der Waals surface area contributed by atoms with E-state index in [0.29, 0.717) is 12.6 Å². The summed E-state index contributed by atoms with van der Waals surface area (Å²) in [5.74, 6) is 0. The Morgan fingerprint density at radius 2 is 1.93 bits per heavy atom. The van der Waals surface area contributed by atoms with Crippen molar-refractivity contribution < 1.29 is 9.84 Å². The minimum absolute atomic E-state index is 0.205. The summed E-state index contributed by atoms with van der Waals surface area (Å²) in [5, 5.41) is 13.2. The molecule has 15 heavy (non-hydrogen) atoms. The van der Waals surface area contributed by atoms with Gasteiger partial charge in [-0.3, -0.25) is 0 Å². The first-order valence-corrected chi connectivity index (χ1v) is 5.96. The Labute approximate surface area is 93.2 Å². The van der Waals surface area contributed by atoms with E-state index in [9.17, 15) is 5.11 Å². The minimum Gasteiger partial charge on any atom is -0.392 e.